The monoisotopic (exact) mass is 236 g/mol. The molecule has 1 saturated heterocycles. The van der Waals surface area contributed by atoms with E-state index < -0.39 is 0 Å². The van der Waals surface area contributed by atoms with Crippen molar-refractivity contribution >= 4 is 10.9 Å². The number of fused-ring (bicyclic) bond motifs is 1. The Kier molecular flexibility index (Phi) is 3.22. The number of nitrogens with one attached hydrogen (secondary N) is 1. The molecular formula is C13H17ClN2. The normalized spacial score (nSPS) is 24.6. The molecule has 3 heteroatoms. The fourth-order valence-corrected chi connectivity index (χ4v) is 2.69. The summed E-state index contributed by atoms with van der Waals surface area (Å²) >= 11 is 0. The van der Waals surface area contributed by atoms with Crippen molar-refractivity contribution in [3.8, 4) is 0 Å². The molecule has 0 radical (unpaired) electrons. The van der Waals surface area contributed by atoms with Crippen LogP contribution in [0, 0.1) is 0 Å². The number of halogens is 1. The van der Waals surface area contributed by atoms with E-state index in [0.717, 1.165) is 6.04 Å². The number of aromatic nitrogens is 1. The highest BCUT2D eigenvalue weighted by Gasteiger charge is 2.27. The highest BCUT2D eigenvalue weighted by atomic mass is 35.5. The quantitative estimate of drug-likeness (QED) is 0.634. The molecular weight excluding hydrogens is 220 g/mol. The van der Waals surface area contributed by atoms with Crippen LogP contribution in [0.25, 0.3) is 10.9 Å². The van der Waals surface area contributed by atoms with Crippen LogP contribution in [0.4, 0.5) is 0 Å². The van der Waals surface area contributed by atoms with Gasteiger partial charge in [-0.1, -0.05) is 18.2 Å². The molecule has 1 aromatic heterocycles. The Hall–Kier alpha value is -0.990. The molecule has 16 heavy (non-hydrogen) atoms. The zero-order valence-electron chi connectivity index (χ0n) is 9.41. The molecule has 0 amide bonds. The first-order chi connectivity index (χ1) is 7.34. The third-order valence-electron chi connectivity index (χ3n) is 3.51. The van der Waals surface area contributed by atoms with Crippen molar-refractivity contribution in [1.29, 1.82) is 0 Å². The fraction of sp³-hybridized carbons (Fsp3) is 0.385. The van der Waals surface area contributed by atoms with Crippen molar-refractivity contribution in [3.63, 3.8) is 0 Å². The lowest BCUT2D eigenvalue weighted by Crippen LogP contribution is -3.00. The summed E-state index contributed by atoms with van der Waals surface area (Å²) in [6, 6.07) is 10.0. The Morgan fingerprint density at radius 3 is 2.81 bits per heavy atom. The van der Waals surface area contributed by atoms with Gasteiger partial charge in [0.2, 0.25) is 0 Å². The van der Waals surface area contributed by atoms with Gasteiger partial charge in [-0.05, 0) is 13.0 Å². The van der Waals surface area contributed by atoms with E-state index in [1.807, 2.05) is 0 Å². The molecule has 0 aliphatic carbocycles. The van der Waals surface area contributed by atoms with E-state index in [2.05, 4.69) is 47.7 Å². The van der Waals surface area contributed by atoms with E-state index >= 15 is 0 Å². The number of hydrogen-bond donors (Lipinski definition) is 2. The molecule has 0 spiro atoms. The van der Waals surface area contributed by atoms with Crippen molar-refractivity contribution in [2.45, 2.75) is 31.8 Å². The first-order valence-corrected chi connectivity index (χ1v) is 5.75. The summed E-state index contributed by atoms with van der Waals surface area (Å²) in [5, 5.41) is 3.89. The molecule has 1 fully saturated rings. The molecule has 2 nitrogen and oxygen atoms in total. The van der Waals surface area contributed by atoms with Crippen molar-refractivity contribution in [2.24, 2.45) is 0 Å². The smallest absolute Gasteiger partial charge is 0.114 e. The van der Waals surface area contributed by atoms with Crippen molar-refractivity contribution in [2.75, 3.05) is 0 Å². The second-order valence-corrected chi connectivity index (χ2v) is 4.64. The average molecular weight is 237 g/mol. The van der Waals surface area contributed by atoms with Gasteiger partial charge in [0.25, 0.3) is 0 Å². The molecule has 1 aliphatic heterocycles. The van der Waals surface area contributed by atoms with Crippen LogP contribution in [0.2, 0.25) is 0 Å². The number of H-pyrrole nitrogens is 1. The third kappa shape index (κ3) is 1.83. The SMILES string of the molecule is CC1CCC(c2c[nH]c3ccccc23)[NH2+]1.[Cl-]. The molecule has 3 N–H and O–H groups in total. The van der Waals surface area contributed by atoms with Crippen LogP contribution in [0.15, 0.2) is 30.5 Å². The van der Waals surface area contributed by atoms with Gasteiger partial charge < -0.3 is 22.7 Å². The number of para-hydroxylation sites is 1. The van der Waals surface area contributed by atoms with Gasteiger partial charge in [-0.3, -0.25) is 0 Å². The van der Waals surface area contributed by atoms with Crippen LogP contribution in [0.3, 0.4) is 0 Å². The van der Waals surface area contributed by atoms with Crippen LogP contribution in [0.1, 0.15) is 31.4 Å². The first-order valence-electron chi connectivity index (χ1n) is 5.75. The van der Waals surface area contributed by atoms with Gasteiger partial charge in [0, 0.05) is 35.5 Å². The van der Waals surface area contributed by atoms with Gasteiger partial charge in [-0.25, -0.2) is 0 Å². The second kappa shape index (κ2) is 4.48. The molecule has 1 aliphatic rings. The highest BCUT2D eigenvalue weighted by Crippen LogP contribution is 2.27. The van der Waals surface area contributed by atoms with Gasteiger partial charge in [0.1, 0.15) is 6.04 Å². The Bertz CT molecular complexity index is 477. The predicted molar refractivity (Wildman–Crippen MR) is 61.7 cm³/mol. The van der Waals surface area contributed by atoms with Crippen molar-refractivity contribution in [1.82, 2.24) is 4.98 Å². The van der Waals surface area contributed by atoms with E-state index in [1.165, 1.54) is 29.3 Å². The number of benzene rings is 1. The molecule has 86 valence electrons. The molecule has 0 saturated carbocycles. The highest BCUT2D eigenvalue weighted by molar-refractivity contribution is 5.83. The minimum Gasteiger partial charge on any atom is -1.00 e. The van der Waals surface area contributed by atoms with Crippen LogP contribution in [-0.2, 0) is 0 Å². The minimum atomic E-state index is 0. The van der Waals surface area contributed by atoms with Crippen LogP contribution in [-0.4, -0.2) is 11.0 Å². The molecule has 3 rings (SSSR count). The summed E-state index contributed by atoms with van der Waals surface area (Å²) in [7, 11) is 0. The average Bonchev–Trinajstić information content (AvgIpc) is 2.83. The maximum absolute atomic E-state index is 3.36. The minimum absolute atomic E-state index is 0. The zero-order chi connectivity index (χ0) is 10.3. The number of aromatic amines is 1. The molecule has 2 aromatic rings. The fourth-order valence-electron chi connectivity index (χ4n) is 2.69. The lowest BCUT2D eigenvalue weighted by atomic mass is 10.0. The molecule has 2 atom stereocenters. The maximum atomic E-state index is 3.36. The Labute approximate surface area is 102 Å². The largest absolute Gasteiger partial charge is 1.00 e. The van der Waals surface area contributed by atoms with Gasteiger partial charge in [0.15, 0.2) is 0 Å². The van der Waals surface area contributed by atoms with Gasteiger partial charge in [0.05, 0.1) is 6.04 Å². The molecule has 2 heterocycles. The van der Waals surface area contributed by atoms with Gasteiger partial charge in [-0.15, -0.1) is 0 Å². The molecule has 0 bridgehead atoms. The molecule has 2 unspecified atom stereocenters. The van der Waals surface area contributed by atoms with Crippen LogP contribution >= 0.6 is 0 Å². The lowest BCUT2D eigenvalue weighted by molar-refractivity contribution is -0.704. The topological polar surface area (TPSA) is 32.4 Å². The summed E-state index contributed by atoms with van der Waals surface area (Å²) in [5.74, 6) is 0. The van der Waals surface area contributed by atoms with Crippen LogP contribution < -0.4 is 17.7 Å². The van der Waals surface area contributed by atoms with E-state index in [1.54, 1.807) is 0 Å². The standard InChI is InChI=1S/C13H16N2.ClH/c1-9-6-7-13(15-9)11-8-14-12-5-3-2-4-10(11)12;/h2-5,8-9,13-15H,6-7H2,1H3;1H. The summed E-state index contributed by atoms with van der Waals surface area (Å²) in [5.41, 5.74) is 2.75. The van der Waals surface area contributed by atoms with Crippen molar-refractivity contribution < 1.29 is 17.7 Å². The first kappa shape index (κ1) is 11.5. The predicted octanol–water partition coefficient (Wildman–Crippen LogP) is -1.04. The number of rotatable bonds is 1. The van der Waals surface area contributed by atoms with E-state index in [9.17, 15) is 0 Å². The Morgan fingerprint density at radius 1 is 1.25 bits per heavy atom. The van der Waals surface area contributed by atoms with Gasteiger partial charge in [-0.2, -0.15) is 0 Å². The summed E-state index contributed by atoms with van der Waals surface area (Å²) in [6.45, 7) is 2.31. The van der Waals surface area contributed by atoms with Crippen molar-refractivity contribution in [3.05, 3.63) is 36.0 Å². The van der Waals surface area contributed by atoms with E-state index in [-0.39, 0.29) is 12.4 Å². The van der Waals surface area contributed by atoms with E-state index in [4.69, 9.17) is 0 Å². The zero-order valence-corrected chi connectivity index (χ0v) is 10.2. The van der Waals surface area contributed by atoms with Crippen LogP contribution in [0.5, 0.6) is 0 Å². The lowest BCUT2D eigenvalue weighted by Gasteiger charge is -2.07. The summed E-state index contributed by atoms with van der Waals surface area (Å²) < 4.78 is 0. The van der Waals surface area contributed by atoms with E-state index in [0.29, 0.717) is 6.04 Å². The third-order valence-corrected chi connectivity index (χ3v) is 3.51. The maximum Gasteiger partial charge on any atom is 0.114 e. The Morgan fingerprint density at radius 2 is 2.06 bits per heavy atom. The number of hydrogen-bond acceptors (Lipinski definition) is 0. The number of nitrogens with two attached hydrogens (primary N) is 1. The Balaban J connectivity index is 0.000000963. The summed E-state index contributed by atoms with van der Waals surface area (Å²) in [4.78, 5) is 3.36. The van der Waals surface area contributed by atoms with Gasteiger partial charge >= 0.3 is 0 Å². The number of quaternary nitrogens is 1. The second-order valence-electron chi connectivity index (χ2n) is 4.64. The summed E-state index contributed by atoms with van der Waals surface area (Å²) in [6.07, 6.45) is 4.83. The molecule has 1 aromatic carbocycles.